The molecular formula is C19H29BrN3O3+. The van der Waals surface area contributed by atoms with Crippen LogP contribution in [0.3, 0.4) is 0 Å². The van der Waals surface area contributed by atoms with Crippen LogP contribution in [0.1, 0.15) is 57.6 Å². The number of hydrogen-bond donors (Lipinski definition) is 3. The molecule has 0 unspecified atom stereocenters. The van der Waals surface area contributed by atoms with E-state index < -0.39 is 0 Å². The first kappa shape index (κ1) is 20.7. The number of benzene rings is 1. The topological polar surface area (TPSA) is 84.0 Å². The Hall–Kier alpha value is -1.60. The van der Waals surface area contributed by atoms with Crippen LogP contribution < -0.4 is 20.7 Å². The number of nitrogens with one attached hydrogen (secondary N) is 2. The number of ether oxygens (including phenoxy) is 1. The molecule has 0 spiro atoms. The van der Waals surface area contributed by atoms with Gasteiger partial charge in [-0.05, 0) is 60.8 Å². The number of quaternary nitrogens is 1. The third-order valence-electron chi connectivity index (χ3n) is 4.87. The minimum atomic E-state index is -0.387. The quantitative estimate of drug-likeness (QED) is 0.653. The highest BCUT2D eigenvalue weighted by atomic mass is 79.9. The lowest BCUT2D eigenvalue weighted by molar-refractivity contribution is -0.710. The Balaban J connectivity index is 1.83. The van der Waals surface area contributed by atoms with Gasteiger partial charge >= 0.3 is 6.03 Å². The van der Waals surface area contributed by atoms with Crippen LogP contribution >= 0.6 is 15.9 Å². The lowest BCUT2D eigenvalue weighted by Crippen LogP contribution is -2.92. The summed E-state index contributed by atoms with van der Waals surface area (Å²) in [4.78, 5) is 24.3. The average Bonchev–Trinajstić information content (AvgIpc) is 2.62. The van der Waals surface area contributed by atoms with Crippen LogP contribution in [-0.2, 0) is 4.79 Å². The van der Waals surface area contributed by atoms with E-state index in [2.05, 4.69) is 26.6 Å². The van der Waals surface area contributed by atoms with Crippen LogP contribution in [0.15, 0.2) is 22.7 Å². The minimum Gasteiger partial charge on any atom is -0.496 e. The van der Waals surface area contributed by atoms with E-state index in [4.69, 9.17) is 4.74 Å². The van der Waals surface area contributed by atoms with Crippen molar-refractivity contribution in [2.45, 2.75) is 64.1 Å². The maximum Gasteiger partial charge on any atom is 0.321 e. The summed E-state index contributed by atoms with van der Waals surface area (Å²) in [6.45, 7) is 3.83. The molecule has 0 saturated heterocycles. The molecule has 144 valence electrons. The Labute approximate surface area is 163 Å². The van der Waals surface area contributed by atoms with E-state index in [1.54, 1.807) is 14.0 Å². The molecule has 0 heterocycles. The van der Waals surface area contributed by atoms with Crippen molar-refractivity contribution in [3.8, 4) is 5.75 Å². The lowest BCUT2D eigenvalue weighted by atomic mass is 9.96. The molecule has 4 N–H and O–H groups in total. The smallest absolute Gasteiger partial charge is 0.321 e. The molecule has 26 heavy (non-hydrogen) atoms. The number of imide groups is 1. The van der Waals surface area contributed by atoms with E-state index >= 15 is 0 Å². The second-order valence-electron chi connectivity index (χ2n) is 6.96. The maximum absolute atomic E-state index is 12.3. The van der Waals surface area contributed by atoms with E-state index in [1.165, 1.54) is 6.42 Å². The summed E-state index contributed by atoms with van der Waals surface area (Å²) >= 11 is 3.48. The molecule has 0 radical (unpaired) electrons. The predicted molar refractivity (Wildman–Crippen MR) is 104 cm³/mol. The Morgan fingerprint density at radius 3 is 2.54 bits per heavy atom. The van der Waals surface area contributed by atoms with Crippen molar-refractivity contribution in [3.05, 3.63) is 28.2 Å². The summed E-state index contributed by atoms with van der Waals surface area (Å²) in [5.74, 6) is 0.490. The third kappa shape index (κ3) is 5.99. The fraction of sp³-hybridized carbons (Fsp3) is 0.579. The number of carbonyl (C=O) groups excluding carboxylic acids is 2. The SMILES string of the molecule is COc1ccc([C@@H](C)[NH2+][C@H](C)C(=O)NC(=O)NC2CCCCC2)cc1Br. The summed E-state index contributed by atoms with van der Waals surface area (Å²) in [5.41, 5.74) is 1.07. The standard InChI is InChI=1S/C19H28BrN3O3/c1-12(14-9-10-17(26-3)16(20)11-14)21-13(2)18(24)23-19(25)22-15-7-5-4-6-8-15/h9-13,15,21H,4-8H2,1-3H3,(H2,22,23,24,25)/p+1/t12-,13-/m1/s1. The molecular weight excluding hydrogens is 398 g/mol. The van der Waals surface area contributed by atoms with Gasteiger partial charge in [0, 0.05) is 11.6 Å². The van der Waals surface area contributed by atoms with Crippen LogP contribution in [0.4, 0.5) is 4.79 Å². The van der Waals surface area contributed by atoms with Crippen LogP contribution in [0.2, 0.25) is 0 Å². The van der Waals surface area contributed by atoms with Gasteiger partial charge in [-0.15, -0.1) is 0 Å². The Bertz CT molecular complexity index is 632. The summed E-state index contributed by atoms with van der Waals surface area (Å²) in [7, 11) is 1.63. The molecule has 0 aliphatic heterocycles. The van der Waals surface area contributed by atoms with Gasteiger partial charge in [-0.3, -0.25) is 10.1 Å². The van der Waals surface area contributed by atoms with E-state index in [9.17, 15) is 9.59 Å². The van der Waals surface area contributed by atoms with Gasteiger partial charge in [0.2, 0.25) is 0 Å². The molecule has 1 fully saturated rings. The minimum absolute atomic E-state index is 0.0689. The molecule has 1 aromatic carbocycles. The monoisotopic (exact) mass is 426 g/mol. The molecule has 1 aliphatic rings. The first-order valence-corrected chi connectivity index (χ1v) is 9.99. The molecule has 3 amide bonds. The van der Waals surface area contributed by atoms with Gasteiger partial charge in [0.15, 0.2) is 6.04 Å². The Kier molecular flexibility index (Phi) is 7.90. The molecule has 0 aromatic heterocycles. The number of methoxy groups -OCH3 is 1. The normalized spacial score (nSPS) is 17.2. The fourth-order valence-corrected chi connectivity index (χ4v) is 3.85. The fourth-order valence-electron chi connectivity index (χ4n) is 3.29. The molecule has 0 bridgehead atoms. The largest absolute Gasteiger partial charge is 0.496 e. The Morgan fingerprint density at radius 1 is 1.23 bits per heavy atom. The number of carbonyl (C=O) groups is 2. The predicted octanol–water partition coefficient (Wildman–Crippen LogP) is 2.63. The summed E-state index contributed by atoms with van der Waals surface area (Å²) in [5, 5.41) is 7.31. The number of nitrogens with two attached hydrogens (primary N) is 1. The zero-order valence-corrected chi connectivity index (χ0v) is 17.3. The van der Waals surface area contributed by atoms with E-state index in [1.807, 2.05) is 30.4 Å². The van der Waals surface area contributed by atoms with E-state index in [-0.39, 0.29) is 30.1 Å². The number of hydrogen-bond acceptors (Lipinski definition) is 3. The van der Waals surface area contributed by atoms with Gasteiger partial charge in [0.25, 0.3) is 5.91 Å². The van der Waals surface area contributed by atoms with Crippen LogP contribution in [0.25, 0.3) is 0 Å². The summed E-state index contributed by atoms with van der Waals surface area (Å²) in [6.07, 6.45) is 5.49. The Morgan fingerprint density at radius 2 is 1.92 bits per heavy atom. The van der Waals surface area contributed by atoms with E-state index in [0.717, 1.165) is 41.5 Å². The average molecular weight is 427 g/mol. The van der Waals surface area contributed by atoms with Crippen LogP contribution in [0.5, 0.6) is 5.75 Å². The highest BCUT2D eigenvalue weighted by Crippen LogP contribution is 2.27. The third-order valence-corrected chi connectivity index (χ3v) is 5.49. The van der Waals surface area contributed by atoms with E-state index in [0.29, 0.717) is 0 Å². The van der Waals surface area contributed by atoms with Crippen molar-refractivity contribution >= 4 is 27.9 Å². The number of urea groups is 1. The molecule has 1 aromatic rings. The maximum atomic E-state index is 12.3. The van der Waals surface area contributed by atoms with Crippen molar-refractivity contribution in [2.24, 2.45) is 0 Å². The second kappa shape index (κ2) is 9.92. The van der Waals surface area contributed by atoms with Gasteiger partial charge in [0.05, 0.1) is 11.6 Å². The van der Waals surface area contributed by atoms with Crippen LogP contribution in [0, 0.1) is 0 Å². The van der Waals surface area contributed by atoms with Crippen molar-refractivity contribution in [2.75, 3.05) is 7.11 Å². The van der Waals surface area contributed by atoms with Gasteiger partial charge < -0.3 is 15.4 Å². The lowest BCUT2D eigenvalue weighted by Gasteiger charge is -2.23. The van der Waals surface area contributed by atoms with Crippen molar-refractivity contribution < 1.29 is 19.6 Å². The molecule has 1 aliphatic carbocycles. The highest BCUT2D eigenvalue weighted by Gasteiger charge is 2.24. The van der Waals surface area contributed by atoms with Gasteiger partial charge in [-0.2, -0.15) is 0 Å². The van der Waals surface area contributed by atoms with Crippen molar-refractivity contribution in [1.29, 1.82) is 0 Å². The first-order valence-electron chi connectivity index (χ1n) is 9.20. The number of amides is 3. The van der Waals surface area contributed by atoms with Crippen molar-refractivity contribution in [3.63, 3.8) is 0 Å². The van der Waals surface area contributed by atoms with Gasteiger partial charge in [-0.25, -0.2) is 4.79 Å². The summed E-state index contributed by atoms with van der Waals surface area (Å²) < 4.78 is 6.12. The molecule has 1 saturated carbocycles. The molecule has 2 atom stereocenters. The first-order chi connectivity index (χ1) is 12.4. The second-order valence-corrected chi connectivity index (χ2v) is 7.82. The molecule has 7 heteroatoms. The van der Waals surface area contributed by atoms with Crippen molar-refractivity contribution in [1.82, 2.24) is 10.6 Å². The highest BCUT2D eigenvalue weighted by molar-refractivity contribution is 9.10. The number of rotatable bonds is 6. The number of halogens is 1. The molecule has 6 nitrogen and oxygen atoms in total. The van der Waals surface area contributed by atoms with Gasteiger partial charge in [0.1, 0.15) is 11.8 Å². The van der Waals surface area contributed by atoms with Gasteiger partial charge in [-0.1, -0.05) is 19.3 Å². The molecule has 2 rings (SSSR count). The zero-order valence-electron chi connectivity index (χ0n) is 15.7. The zero-order chi connectivity index (χ0) is 19.1. The van der Waals surface area contributed by atoms with Crippen LogP contribution in [-0.4, -0.2) is 31.1 Å². The summed E-state index contributed by atoms with van der Waals surface area (Å²) in [6, 6.07) is 5.35.